The topological polar surface area (TPSA) is 50.2 Å². The van der Waals surface area contributed by atoms with E-state index in [4.69, 9.17) is 5.11 Å². The van der Waals surface area contributed by atoms with E-state index in [2.05, 4.69) is 4.98 Å². The predicted molar refractivity (Wildman–Crippen MR) is 51.3 cm³/mol. The lowest BCUT2D eigenvalue weighted by Gasteiger charge is -1.95. The van der Waals surface area contributed by atoms with Gasteiger partial charge in [-0.2, -0.15) is 0 Å². The molecule has 0 spiro atoms. The molecule has 0 aromatic carbocycles. The van der Waals surface area contributed by atoms with Crippen molar-refractivity contribution in [2.24, 2.45) is 0 Å². The molecule has 0 aliphatic rings. The van der Waals surface area contributed by atoms with Gasteiger partial charge in [-0.05, 0) is 23.9 Å². The van der Waals surface area contributed by atoms with E-state index >= 15 is 0 Å². The van der Waals surface area contributed by atoms with Gasteiger partial charge in [0.2, 0.25) is 0 Å². The van der Waals surface area contributed by atoms with Crippen LogP contribution in [0, 0.1) is 6.92 Å². The van der Waals surface area contributed by atoms with Gasteiger partial charge in [-0.25, -0.2) is 4.79 Å². The molecular weight excluding hydrogens is 186 g/mol. The summed E-state index contributed by atoms with van der Waals surface area (Å²) in [6, 6.07) is 1.53. The predicted octanol–water partition coefficient (Wildman–Crippen LogP) is 2.30. The summed E-state index contributed by atoms with van der Waals surface area (Å²) >= 11 is 1.43. The number of hydrogen-bond donors (Lipinski definition) is 1. The van der Waals surface area contributed by atoms with Crippen LogP contribution in [0.4, 0.5) is 0 Å². The van der Waals surface area contributed by atoms with Gasteiger partial charge in [0.05, 0.1) is 15.8 Å². The molecule has 2 aromatic heterocycles. The van der Waals surface area contributed by atoms with Crippen LogP contribution in [0.25, 0.3) is 10.2 Å². The molecule has 0 aliphatic heterocycles. The SMILES string of the molecule is Cc1csc2c(C(=O)O)ccnc12. The van der Waals surface area contributed by atoms with E-state index in [0.29, 0.717) is 5.56 Å². The fourth-order valence-electron chi connectivity index (χ4n) is 1.22. The molecule has 0 aliphatic carbocycles. The van der Waals surface area contributed by atoms with E-state index in [9.17, 15) is 4.79 Å². The van der Waals surface area contributed by atoms with Crippen LogP contribution in [-0.2, 0) is 0 Å². The van der Waals surface area contributed by atoms with Gasteiger partial charge in [-0.1, -0.05) is 0 Å². The zero-order valence-corrected chi connectivity index (χ0v) is 7.76. The minimum absolute atomic E-state index is 0.336. The summed E-state index contributed by atoms with van der Waals surface area (Å²) in [6.07, 6.45) is 1.53. The van der Waals surface area contributed by atoms with Crippen molar-refractivity contribution in [1.29, 1.82) is 0 Å². The van der Waals surface area contributed by atoms with Gasteiger partial charge in [0, 0.05) is 6.20 Å². The van der Waals surface area contributed by atoms with E-state index < -0.39 is 5.97 Å². The number of fused-ring (bicyclic) bond motifs is 1. The fraction of sp³-hybridized carbons (Fsp3) is 0.111. The Morgan fingerprint density at radius 3 is 3.08 bits per heavy atom. The number of hydrogen-bond acceptors (Lipinski definition) is 3. The van der Waals surface area contributed by atoms with Crippen molar-refractivity contribution < 1.29 is 9.90 Å². The van der Waals surface area contributed by atoms with Crippen LogP contribution < -0.4 is 0 Å². The molecule has 0 atom stereocenters. The Morgan fingerprint density at radius 1 is 1.62 bits per heavy atom. The van der Waals surface area contributed by atoms with Crippen LogP contribution in [0.3, 0.4) is 0 Å². The first-order valence-electron chi connectivity index (χ1n) is 3.76. The molecule has 1 N–H and O–H groups in total. The average molecular weight is 193 g/mol. The van der Waals surface area contributed by atoms with Gasteiger partial charge in [0.15, 0.2) is 0 Å². The molecule has 66 valence electrons. The third kappa shape index (κ3) is 1.19. The van der Waals surface area contributed by atoms with Crippen molar-refractivity contribution >= 4 is 27.5 Å². The van der Waals surface area contributed by atoms with Crippen LogP contribution in [0.5, 0.6) is 0 Å². The highest BCUT2D eigenvalue weighted by molar-refractivity contribution is 7.17. The van der Waals surface area contributed by atoms with Gasteiger partial charge in [0.25, 0.3) is 0 Å². The number of nitrogens with zero attached hydrogens (tertiary/aromatic N) is 1. The fourth-order valence-corrected chi connectivity index (χ4v) is 2.23. The Morgan fingerprint density at radius 2 is 2.38 bits per heavy atom. The van der Waals surface area contributed by atoms with Gasteiger partial charge >= 0.3 is 5.97 Å². The maximum absolute atomic E-state index is 10.8. The molecule has 13 heavy (non-hydrogen) atoms. The quantitative estimate of drug-likeness (QED) is 0.756. The number of carboxylic acids is 1. The highest BCUT2D eigenvalue weighted by atomic mass is 32.1. The second-order valence-electron chi connectivity index (χ2n) is 2.76. The lowest BCUT2D eigenvalue weighted by Crippen LogP contribution is -1.96. The molecule has 2 aromatic rings. The zero-order chi connectivity index (χ0) is 9.42. The number of carbonyl (C=O) groups is 1. The smallest absolute Gasteiger partial charge is 0.337 e. The monoisotopic (exact) mass is 193 g/mol. The Kier molecular flexibility index (Phi) is 1.77. The van der Waals surface area contributed by atoms with Gasteiger partial charge in [-0.3, -0.25) is 4.98 Å². The number of aromatic nitrogens is 1. The van der Waals surface area contributed by atoms with E-state index in [0.717, 1.165) is 15.8 Å². The Hall–Kier alpha value is -1.42. The molecule has 0 radical (unpaired) electrons. The summed E-state index contributed by atoms with van der Waals surface area (Å²) in [5.74, 6) is -0.894. The molecule has 0 saturated carbocycles. The molecular formula is C9H7NO2S. The highest BCUT2D eigenvalue weighted by Gasteiger charge is 2.11. The summed E-state index contributed by atoms with van der Waals surface area (Å²) in [6.45, 7) is 1.93. The molecule has 0 bridgehead atoms. The molecule has 0 amide bonds. The number of aryl methyl sites for hydroxylation is 1. The number of pyridine rings is 1. The minimum atomic E-state index is -0.894. The van der Waals surface area contributed by atoms with Gasteiger partial charge in [-0.15, -0.1) is 11.3 Å². The third-order valence-electron chi connectivity index (χ3n) is 1.86. The first-order chi connectivity index (χ1) is 6.20. The molecule has 0 unspecified atom stereocenters. The maximum atomic E-state index is 10.8. The first kappa shape index (κ1) is 8.19. The van der Waals surface area contributed by atoms with Crippen LogP contribution in [0.15, 0.2) is 17.6 Å². The van der Waals surface area contributed by atoms with Crippen molar-refractivity contribution in [3.63, 3.8) is 0 Å². The van der Waals surface area contributed by atoms with E-state index in [1.165, 1.54) is 23.6 Å². The Bertz CT molecular complexity index is 475. The van der Waals surface area contributed by atoms with Crippen LogP contribution >= 0.6 is 11.3 Å². The molecule has 3 nitrogen and oxygen atoms in total. The number of thiophene rings is 1. The van der Waals surface area contributed by atoms with E-state index in [-0.39, 0.29) is 0 Å². The van der Waals surface area contributed by atoms with Crippen molar-refractivity contribution in [3.8, 4) is 0 Å². The van der Waals surface area contributed by atoms with E-state index in [1.807, 2.05) is 12.3 Å². The minimum Gasteiger partial charge on any atom is -0.478 e. The number of carboxylic acid groups (broad SMARTS) is 1. The maximum Gasteiger partial charge on any atom is 0.337 e. The standard InChI is InChI=1S/C9H7NO2S/c1-5-4-13-8-6(9(11)12)2-3-10-7(5)8/h2-4H,1H3,(H,11,12). The molecule has 0 fully saturated rings. The summed E-state index contributed by atoms with van der Waals surface area (Å²) in [7, 11) is 0. The van der Waals surface area contributed by atoms with Gasteiger partial charge < -0.3 is 5.11 Å². The van der Waals surface area contributed by atoms with Crippen molar-refractivity contribution in [3.05, 3.63) is 28.8 Å². The zero-order valence-electron chi connectivity index (χ0n) is 6.94. The van der Waals surface area contributed by atoms with Crippen molar-refractivity contribution in [2.75, 3.05) is 0 Å². The normalized spacial score (nSPS) is 10.5. The Balaban J connectivity index is 2.84. The second-order valence-corrected chi connectivity index (χ2v) is 3.64. The van der Waals surface area contributed by atoms with Crippen LogP contribution in [0.2, 0.25) is 0 Å². The van der Waals surface area contributed by atoms with Gasteiger partial charge in [0.1, 0.15) is 0 Å². The molecule has 4 heteroatoms. The molecule has 2 rings (SSSR count). The van der Waals surface area contributed by atoms with Crippen LogP contribution in [-0.4, -0.2) is 16.1 Å². The summed E-state index contributed by atoms with van der Waals surface area (Å²) in [5.41, 5.74) is 2.16. The number of rotatable bonds is 1. The van der Waals surface area contributed by atoms with Crippen molar-refractivity contribution in [1.82, 2.24) is 4.98 Å². The average Bonchev–Trinajstić information content (AvgIpc) is 2.48. The third-order valence-corrected chi connectivity index (χ3v) is 2.98. The van der Waals surface area contributed by atoms with E-state index in [1.54, 1.807) is 0 Å². The summed E-state index contributed by atoms with van der Waals surface area (Å²) in [4.78, 5) is 14.9. The first-order valence-corrected chi connectivity index (χ1v) is 4.64. The van der Waals surface area contributed by atoms with Crippen molar-refractivity contribution in [2.45, 2.75) is 6.92 Å². The number of aromatic carboxylic acids is 1. The highest BCUT2D eigenvalue weighted by Crippen LogP contribution is 2.26. The van der Waals surface area contributed by atoms with Crippen LogP contribution in [0.1, 0.15) is 15.9 Å². The second kappa shape index (κ2) is 2.81. The largest absolute Gasteiger partial charge is 0.478 e. The lowest BCUT2D eigenvalue weighted by molar-refractivity contribution is 0.0699. The molecule has 2 heterocycles. The summed E-state index contributed by atoms with van der Waals surface area (Å²) < 4.78 is 0.757. The Labute approximate surface area is 78.7 Å². The lowest BCUT2D eigenvalue weighted by atomic mass is 10.2. The molecule has 0 saturated heterocycles. The summed E-state index contributed by atoms with van der Waals surface area (Å²) in [5, 5.41) is 10.8.